The molecule has 2 atom stereocenters. The van der Waals surface area contributed by atoms with Gasteiger partial charge in [0.2, 0.25) is 0 Å². The van der Waals surface area contributed by atoms with Gasteiger partial charge in [0, 0.05) is 12.5 Å². The Bertz CT molecular complexity index is 1080. The lowest BCUT2D eigenvalue weighted by atomic mass is 9.98. The second kappa shape index (κ2) is 8.94. The molecule has 2 unspecified atom stereocenters. The van der Waals surface area contributed by atoms with Gasteiger partial charge in [-0.15, -0.1) is 0 Å². The predicted molar refractivity (Wildman–Crippen MR) is 112 cm³/mol. The number of carbonyl (C=O) groups excluding carboxylic acids is 1. The minimum Gasteiger partial charge on any atom is -0.505 e. The number of hydrogen-bond donors (Lipinski definition) is 4. The van der Waals surface area contributed by atoms with Crippen LogP contribution in [0.4, 0.5) is 13.6 Å². The molecule has 8 heteroatoms. The van der Waals surface area contributed by atoms with Crippen LogP contribution in [0.5, 0.6) is 5.75 Å². The Balaban J connectivity index is 1.35. The zero-order valence-corrected chi connectivity index (χ0v) is 16.8. The van der Waals surface area contributed by atoms with Gasteiger partial charge >= 0.3 is 6.09 Å². The van der Waals surface area contributed by atoms with E-state index in [-0.39, 0.29) is 18.1 Å². The molecule has 0 saturated heterocycles. The Morgan fingerprint density at radius 2 is 1.59 bits per heavy atom. The van der Waals surface area contributed by atoms with Crippen LogP contribution in [0.1, 0.15) is 28.7 Å². The molecule has 0 heterocycles. The van der Waals surface area contributed by atoms with Crippen molar-refractivity contribution in [1.82, 2.24) is 5.32 Å². The summed E-state index contributed by atoms with van der Waals surface area (Å²) in [5.41, 5.74) is 4.05. The molecule has 0 aromatic heterocycles. The second-order valence-corrected chi connectivity index (χ2v) is 7.55. The second-order valence-electron chi connectivity index (χ2n) is 7.55. The lowest BCUT2D eigenvalue weighted by Gasteiger charge is -2.19. The van der Waals surface area contributed by atoms with Crippen molar-refractivity contribution in [3.63, 3.8) is 0 Å². The normalized spacial score (nSPS) is 14.4. The number of fused-ring (bicyclic) bond motifs is 3. The van der Waals surface area contributed by atoms with Crippen molar-refractivity contribution in [2.24, 2.45) is 0 Å². The molecule has 3 aromatic rings. The number of alkyl carbamates (subject to hydrolysis) is 1. The molecular weight excluding hydrogens is 420 g/mol. The SMILES string of the molecule is O=C(NCC(O)C(O)c1cc(O)c(F)c(F)c1)OCC1c2ccccc2-c2ccccc21. The van der Waals surface area contributed by atoms with Crippen molar-refractivity contribution in [3.05, 3.63) is 89.0 Å². The maximum absolute atomic E-state index is 13.4. The first kappa shape index (κ1) is 21.7. The number of phenolic OH excluding ortho intramolecular Hbond substituents is 1. The Labute approximate surface area is 182 Å². The molecule has 1 aliphatic carbocycles. The van der Waals surface area contributed by atoms with E-state index in [4.69, 9.17) is 4.74 Å². The summed E-state index contributed by atoms with van der Waals surface area (Å²) in [7, 11) is 0. The monoisotopic (exact) mass is 441 g/mol. The molecule has 0 spiro atoms. The van der Waals surface area contributed by atoms with E-state index in [0.717, 1.165) is 28.3 Å². The summed E-state index contributed by atoms with van der Waals surface area (Å²) >= 11 is 0. The molecule has 6 nitrogen and oxygen atoms in total. The number of hydrogen-bond acceptors (Lipinski definition) is 5. The number of rotatable bonds is 6. The number of halogens is 2. The Kier molecular flexibility index (Phi) is 6.07. The number of aliphatic hydroxyl groups is 2. The van der Waals surface area contributed by atoms with E-state index in [1.807, 2.05) is 48.5 Å². The zero-order chi connectivity index (χ0) is 22.8. The largest absolute Gasteiger partial charge is 0.505 e. The maximum atomic E-state index is 13.4. The first-order valence-electron chi connectivity index (χ1n) is 9.99. The van der Waals surface area contributed by atoms with Gasteiger partial charge in [0.15, 0.2) is 17.4 Å². The molecule has 0 saturated carbocycles. The van der Waals surface area contributed by atoms with Crippen LogP contribution in [0.15, 0.2) is 60.7 Å². The van der Waals surface area contributed by atoms with Crippen molar-refractivity contribution >= 4 is 6.09 Å². The fourth-order valence-electron chi connectivity index (χ4n) is 3.94. The highest BCUT2D eigenvalue weighted by Gasteiger charge is 2.29. The number of nitrogens with one attached hydrogen (secondary N) is 1. The van der Waals surface area contributed by atoms with Gasteiger partial charge in [-0.2, -0.15) is 4.39 Å². The highest BCUT2D eigenvalue weighted by molar-refractivity contribution is 5.79. The van der Waals surface area contributed by atoms with Crippen molar-refractivity contribution in [2.75, 3.05) is 13.2 Å². The van der Waals surface area contributed by atoms with Crippen molar-refractivity contribution < 1.29 is 33.6 Å². The van der Waals surface area contributed by atoms with E-state index in [2.05, 4.69) is 5.32 Å². The summed E-state index contributed by atoms with van der Waals surface area (Å²) in [6.07, 6.45) is -4.00. The Morgan fingerprint density at radius 1 is 1.00 bits per heavy atom. The lowest BCUT2D eigenvalue weighted by molar-refractivity contribution is 0.0182. The number of ether oxygens (including phenoxy) is 1. The molecule has 0 bridgehead atoms. The molecule has 4 rings (SSSR count). The summed E-state index contributed by atoms with van der Waals surface area (Å²) in [4.78, 5) is 12.2. The average molecular weight is 441 g/mol. The molecule has 1 aliphatic rings. The number of aliphatic hydroxyl groups excluding tert-OH is 2. The van der Waals surface area contributed by atoms with Crippen LogP contribution in [0.2, 0.25) is 0 Å². The van der Waals surface area contributed by atoms with Crippen LogP contribution in [0, 0.1) is 11.6 Å². The summed E-state index contributed by atoms with van der Waals surface area (Å²) in [5.74, 6) is -3.94. The average Bonchev–Trinajstić information content (AvgIpc) is 3.12. The van der Waals surface area contributed by atoms with Gasteiger partial charge in [0.1, 0.15) is 18.8 Å². The topological polar surface area (TPSA) is 99.0 Å². The van der Waals surface area contributed by atoms with Crippen LogP contribution in [-0.4, -0.2) is 40.7 Å². The molecule has 4 N–H and O–H groups in total. The van der Waals surface area contributed by atoms with Gasteiger partial charge in [-0.1, -0.05) is 48.5 Å². The van der Waals surface area contributed by atoms with Gasteiger partial charge in [-0.25, -0.2) is 9.18 Å². The van der Waals surface area contributed by atoms with Crippen LogP contribution in [-0.2, 0) is 4.74 Å². The summed E-state index contributed by atoms with van der Waals surface area (Å²) in [5, 5.41) is 31.9. The Hall–Kier alpha value is -3.49. The molecular formula is C24H21F2NO5. The van der Waals surface area contributed by atoms with Gasteiger partial charge in [0.05, 0.1) is 0 Å². The van der Waals surface area contributed by atoms with Crippen molar-refractivity contribution in [3.8, 4) is 16.9 Å². The lowest BCUT2D eigenvalue weighted by Crippen LogP contribution is -2.36. The molecule has 1 amide bonds. The fourth-order valence-corrected chi connectivity index (χ4v) is 3.94. The van der Waals surface area contributed by atoms with E-state index >= 15 is 0 Å². The van der Waals surface area contributed by atoms with Crippen LogP contribution < -0.4 is 5.32 Å². The number of amides is 1. The Morgan fingerprint density at radius 3 is 2.19 bits per heavy atom. The zero-order valence-electron chi connectivity index (χ0n) is 16.8. The maximum Gasteiger partial charge on any atom is 0.407 e. The standard InChI is InChI=1S/C24H21F2NO5/c25-19-9-13(10-20(28)22(19)26)23(30)21(29)11-27-24(31)32-12-18-16-7-3-1-5-14(16)15-6-2-4-8-17(15)18/h1-10,18,21,23,28-30H,11-12H2,(H,27,31). The third-order valence-corrected chi connectivity index (χ3v) is 5.54. The highest BCUT2D eigenvalue weighted by Crippen LogP contribution is 2.44. The van der Waals surface area contributed by atoms with Crippen LogP contribution in [0.25, 0.3) is 11.1 Å². The minimum absolute atomic E-state index is 0.0789. The van der Waals surface area contributed by atoms with Gasteiger partial charge in [-0.05, 0) is 39.9 Å². The molecule has 0 aliphatic heterocycles. The van der Waals surface area contributed by atoms with E-state index in [1.165, 1.54) is 0 Å². The smallest absolute Gasteiger partial charge is 0.407 e. The summed E-state index contributed by atoms with van der Waals surface area (Å²) in [6, 6.07) is 17.2. The van der Waals surface area contributed by atoms with E-state index in [1.54, 1.807) is 0 Å². The molecule has 0 fully saturated rings. The molecule has 3 aromatic carbocycles. The predicted octanol–water partition coefficient (Wildman–Crippen LogP) is 3.60. The number of benzene rings is 3. The number of phenols is 1. The third kappa shape index (κ3) is 4.15. The third-order valence-electron chi connectivity index (χ3n) is 5.54. The summed E-state index contributed by atoms with van der Waals surface area (Å²) in [6.45, 7) is -0.326. The fraction of sp³-hybridized carbons (Fsp3) is 0.208. The van der Waals surface area contributed by atoms with E-state index in [0.29, 0.717) is 6.07 Å². The van der Waals surface area contributed by atoms with Crippen LogP contribution in [0.3, 0.4) is 0 Å². The quantitative estimate of drug-likeness (QED) is 0.469. The van der Waals surface area contributed by atoms with Crippen molar-refractivity contribution in [2.45, 2.75) is 18.1 Å². The molecule has 166 valence electrons. The minimum atomic E-state index is -1.66. The number of aromatic hydroxyl groups is 1. The van der Waals surface area contributed by atoms with Gasteiger partial charge in [0.25, 0.3) is 0 Å². The highest BCUT2D eigenvalue weighted by atomic mass is 19.2. The number of carbonyl (C=O) groups is 1. The van der Waals surface area contributed by atoms with Gasteiger partial charge < -0.3 is 25.4 Å². The van der Waals surface area contributed by atoms with Gasteiger partial charge in [-0.3, -0.25) is 0 Å². The molecule has 0 radical (unpaired) electrons. The first-order valence-corrected chi connectivity index (χ1v) is 9.99. The van der Waals surface area contributed by atoms with E-state index in [9.17, 15) is 28.9 Å². The van der Waals surface area contributed by atoms with Crippen LogP contribution >= 0.6 is 0 Å². The first-order chi connectivity index (χ1) is 15.4. The molecule has 32 heavy (non-hydrogen) atoms. The van der Waals surface area contributed by atoms with E-state index < -0.39 is 42.2 Å². The summed E-state index contributed by atoms with van der Waals surface area (Å²) < 4.78 is 31.9. The van der Waals surface area contributed by atoms with Crippen molar-refractivity contribution in [1.29, 1.82) is 0 Å².